The van der Waals surface area contributed by atoms with Crippen LogP contribution in [0.5, 0.6) is 0 Å². The molecule has 2 saturated carbocycles. The van der Waals surface area contributed by atoms with Crippen LogP contribution in [0.1, 0.15) is 27.7 Å². The molecule has 129 valence electrons. The van der Waals surface area contributed by atoms with Crippen molar-refractivity contribution >= 4 is 0 Å². The molecule has 2 fully saturated rings. The maximum Gasteiger partial charge on any atom is 0.00189 e. The van der Waals surface area contributed by atoms with E-state index in [1.807, 2.05) is 0 Å². The van der Waals surface area contributed by atoms with E-state index < -0.39 is 0 Å². The summed E-state index contributed by atoms with van der Waals surface area (Å²) in [6.07, 6.45) is 29.0. The Morgan fingerprint density at radius 3 is 2.40 bits per heavy atom. The van der Waals surface area contributed by atoms with Crippen molar-refractivity contribution < 1.29 is 0 Å². The monoisotopic (exact) mass is 329 g/mol. The molecule has 0 heterocycles. The van der Waals surface area contributed by atoms with E-state index in [1.165, 1.54) is 0 Å². The zero-order valence-corrected chi connectivity index (χ0v) is 15.8. The molecule has 8 atom stereocenters. The first kappa shape index (κ1) is 15.7. The summed E-state index contributed by atoms with van der Waals surface area (Å²) < 4.78 is 0. The highest BCUT2D eigenvalue weighted by Gasteiger charge is 2.70. The molecule has 1 radical (unpaired) electrons. The first-order valence-corrected chi connectivity index (χ1v) is 9.85. The average molecular weight is 330 g/mol. The van der Waals surface area contributed by atoms with Crippen molar-refractivity contribution in [3.05, 3.63) is 78.8 Å². The Balaban J connectivity index is 1.76. The fourth-order valence-electron chi connectivity index (χ4n) is 7.23. The average Bonchev–Trinajstić information content (AvgIpc) is 2.92. The zero-order chi connectivity index (χ0) is 17.4. The Labute approximate surface area is 152 Å². The first-order valence-electron chi connectivity index (χ1n) is 9.85. The van der Waals surface area contributed by atoms with E-state index in [9.17, 15) is 0 Å². The van der Waals surface area contributed by atoms with Crippen LogP contribution in [-0.4, -0.2) is 0 Å². The standard InChI is InChI=1S/C25H29/c1-17-10-9-11-18-16-24(3)22(21(17)18)19-12-5-6-13-20(19)23(2)14-7-8-15-25(23,24)4/h5-16,18-22H,1-4H3. The third-order valence-electron chi connectivity index (χ3n) is 8.76. The number of hydrogen-bond donors (Lipinski definition) is 0. The Morgan fingerprint density at radius 1 is 0.800 bits per heavy atom. The first-order chi connectivity index (χ1) is 11.9. The minimum absolute atomic E-state index is 0.140. The molecule has 0 aromatic rings. The maximum atomic E-state index is 2.72. The van der Waals surface area contributed by atoms with Crippen LogP contribution in [0.25, 0.3) is 0 Å². The molecule has 0 nitrogen and oxygen atoms in total. The van der Waals surface area contributed by atoms with Crippen LogP contribution < -0.4 is 0 Å². The van der Waals surface area contributed by atoms with Gasteiger partial charge in [0.2, 0.25) is 0 Å². The lowest BCUT2D eigenvalue weighted by Crippen LogP contribution is -2.61. The number of fused-ring (bicyclic) bond motifs is 8. The Morgan fingerprint density at radius 2 is 1.56 bits per heavy atom. The summed E-state index contributed by atoms with van der Waals surface area (Å²) in [6, 6.07) is 0. The highest BCUT2D eigenvalue weighted by molar-refractivity contribution is 5.43. The summed E-state index contributed by atoms with van der Waals surface area (Å²) >= 11 is 0. The van der Waals surface area contributed by atoms with Crippen molar-refractivity contribution in [3.63, 3.8) is 0 Å². The molecular weight excluding hydrogens is 300 g/mol. The lowest BCUT2D eigenvalue weighted by Gasteiger charge is -2.66. The largest absolute Gasteiger partial charge is 0.0805 e. The molecule has 0 amide bonds. The fraction of sp³-hybridized carbons (Fsp3) is 0.480. The molecule has 0 aliphatic heterocycles. The Kier molecular flexibility index (Phi) is 3.00. The summed E-state index contributed by atoms with van der Waals surface area (Å²) in [5.74, 6) is 3.09. The number of allylic oxidation sites excluding steroid dienone is 12. The number of rotatable bonds is 0. The van der Waals surface area contributed by atoms with Gasteiger partial charge in [-0.3, -0.25) is 0 Å². The van der Waals surface area contributed by atoms with Crippen LogP contribution >= 0.6 is 0 Å². The molecule has 0 aromatic heterocycles. The molecule has 0 spiro atoms. The SMILES string of the molecule is CC1=CC=CC2[CH]C3(C)C(C4C=CC=CC4C4(C)C=CC=CC34C)C12. The lowest BCUT2D eigenvalue weighted by atomic mass is 9.37. The van der Waals surface area contributed by atoms with Gasteiger partial charge in [0.05, 0.1) is 0 Å². The summed E-state index contributed by atoms with van der Waals surface area (Å²) in [6.45, 7) is 9.94. The Hall–Kier alpha value is -1.56. The second-order valence-corrected chi connectivity index (χ2v) is 9.45. The zero-order valence-electron chi connectivity index (χ0n) is 15.8. The van der Waals surface area contributed by atoms with E-state index in [4.69, 9.17) is 0 Å². The predicted molar refractivity (Wildman–Crippen MR) is 106 cm³/mol. The van der Waals surface area contributed by atoms with Crippen molar-refractivity contribution in [1.29, 1.82) is 0 Å². The quantitative estimate of drug-likeness (QED) is 0.505. The summed E-state index contributed by atoms with van der Waals surface area (Å²) in [4.78, 5) is 0. The predicted octanol–water partition coefficient (Wildman–Crippen LogP) is 6.09. The minimum atomic E-state index is 0.140. The van der Waals surface area contributed by atoms with Crippen LogP contribution in [0.2, 0.25) is 0 Å². The van der Waals surface area contributed by atoms with Crippen LogP contribution in [0.15, 0.2) is 72.4 Å². The van der Waals surface area contributed by atoms with Crippen LogP contribution in [-0.2, 0) is 0 Å². The second-order valence-electron chi connectivity index (χ2n) is 9.45. The molecule has 0 heteroatoms. The van der Waals surface area contributed by atoms with Gasteiger partial charge in [-0.25, -0.2) is 0 Å². The van der Waals surface area contributed by atoms with Gasteiger partial charge in [0, 0.05) is 10.8 Å². The van der Waals surface area contributed by atoms with Crippen molar-refractivity contribution in [2.45, 2.75) is 27.7 Å². The minimum Gasteiger partial charge on any atom is -0.0805 e. The summed E-state index contributed by atoms with van der Waals surface area (Å²) in [7, 11) is 0. The van der Waals surface area contributed by atoms with Crippen LogP contribution in [0.3, 0.4) is 0 Å². The normalized spacial score (nSPS) is 54.6. The highest BCUT2D eigenvalue weighted by Crippen LogP contribution is 2.75. The van der Waals surface area contributed by atoms with E-state index in [-0.39, 0.29) is 16.2 Å². The van der Waals surface area contributed by atoms with Gasteiger partial charge in [0.1, 0.15) is 0 Å². The van der Waals surface area contributed by atoms with Gasteiger partial charge in [0.15, 0.2) is 0 Å². The third kappa shape index (κ3) is 1.65. The van der Waals surface area contributed by atoms with Crippen LogP contribution in [0, 0.1) is 52.3 Å². The van der Waals surface area contributed by atoms with Gasteiger partial charge in [0.25, 0.3) is 0 Å². The lowest BCUT2D eigenvalue weighted by molar-refractivity contribution is -0.104. The van der Waals surface area contributed by atoms with Crippen molar-refractivity contribution in [2.24, 2.45) is 45.8 Å². The van der Waals surface area contributed by atoms with Gasteiger partial charge in [-0.2, -0.15) is 0 Å². The van der Waals surface area contributed by atoms with Gasteiger partial charge in [-0.1, -0.05) is 93.2 Å². The van der Waals surface area contributed by atoms with E-state index in [0.29, 0.717) is 29.6 Å². The van der Waals surface area contributed by atoms with Crippen molar-refractivity contribution in [2.75, 3.05) is 0 Å². The summed E-state index contributed by atoms with van der Waals surface area (Å²) in [5, 5.41) is 0. The number of hydrogen-bond acceptors (Lipinski definition) is 0. The molecule has 8 unspecified atom stereocenters. The third-order valence-corrected chi connectivity index (χ3v) is 8.76. The van der Waals surface area contributed by atoms with E-state index in [2.05, 4.69) is 101 Å². The molecule has 5 rings (SSSR count). The molecule has 25 heavy (non-hydrogen) atoms. The van der Waals surface area contributed by atoms with Gasteiger partial charge in [-0.15, -0.1) is 0 Å². The highest BCUT2D eigenvalue weighted by atomic mass is 14.7. The van der Waals surface area contributed by atoms with Gasteiger partial charge in [-0.05, 0) is 48.3 Å². The topological polar surface area (TPSA) is 0 Å². The Bertz CT molecular complexity index is 787. The van der Waals surface area contributed by atoms with Gasteiger partial charge < -0.3 is 0 Å². The van der Waals surface area contributed by atoms with E-state index >= 15 is 0 Å². The summed E-state index contributed by atoms with van der Waals surface area (Å²) in [5.41, 5.74) is 2.06. The molecular formula is C25H29. The molecule has 0 bridgehead atoms. The second kappa shape index (κ2) is 4.78. The smallest absolute Gasteiger partial charge is 0.00189 e. The van der Waals surface area contributed by atoms with Gasteiger partial charge >= 0.3 is 0 Å². The molecule has 0 saturated heterocycles. The van der Waals surface area contributed by atoms with Crippen LogP contribution in [0.4, 0.5) is 0 Å². The maximum absolute atomic E-state index is 2.72. The van der Waals surface area contributed by atoms with Crippen molar-refractivity contribution in [3.8, 4) is 0 Å². The van der Waals surface area contributed by atoms with E-state index in [1.54, 1.807) is 5.57 Å². The molecule has 5 aliphatic carbocycles. The van der Waals surface area contributed by atoms with E-state index in [0.717, 1.165) is 0 Å². The molecule has 0 aromatic carbocycles. The fourth-order valence-corrected chi connectivity index (χ4v) is 7.23. The van der Waals surface area contributed by atoms with Crippen molar-refractivity contribution in [1.82, 2.24) is 0 Å². The molecule has 5 aliphatic rings. The molecule has 0 N–H and O–H groups in total.